The van der Waals surface area contributed by atoms with Crippen molar-refractivity contribution in [3.05, 3.63) is 22.2 Å². The molecule has 22 heavy (non-hydrogen) atoms. The summed E-state index contributed by atoms with van der Waals surface area (Å²) >= 11 is 3.39. The molecule has 0 radical (unpaired) electrons. The molecule has 0 aromatic heterocycles. The second-order valence-corrected chi connectivity index (χ2v) is 6.32. The van der Waals surface area contributed by atoms with Gasteiger partial charge in [-0.2, -0.15) is 0 Å². The maximum Gasteiger partial charge on any atom is 0.229 e. The number of aryl methyl sites for hydroxylation is 1. The highest BCUT2D eigenvalue weighted by atomic mass is 79.9. The highest BCUT2D eigenvalue weighted by Crippen LogP contribution is 2.29. The zero-order chi connectivity index (χ0) is 16.3. The highest BCUT2D eigenvalue weighted by Gasteiger charge is 2.34. The van der Waals surface area contributed by atoms with Crippen molar-refractivity contribution in [1.29, 1.82) is 0 Å². The summed E-state index contributed by atoms with van der Waals surface area (Å²) in [5.41, 5.74) is 7.98. The van der Waals surface area contributed by atoms with Crippen LogP contribution in [-0.2, 0) is 14.3 Å². The number of ether oxygens (including phenoxy) is 1. The summed E-state index contributed by atoms with van der Waals surface area (Å²) < 4.78 is 5.82. The van der Waals surface area contributed by atoms with E-state index in [9.17, 15) is 9.59 Å². The Kier molecular flexibility index (Phi) is 5.42. The molecular formula is C15H20BrN3O3. The Morgan fingerprint density at radius 1 is 1.55 bits per heavy atom. The molecule has 0 aliphatic carbocycles. The molecule has 6 nitrogen and oxygen atoms in total. The number of hydrogen-bond donors (Lipinski definition) is 2. The lowest BCUT2D eigenvalue weighted by Crippen LogP contribution is -2.31. The van der Waals surface area contributed by atoms with Crippen molar-refractivity contribution < 1.29 is 14.3 Å². The minimum atomic E-state index is -0.358. The van der Waals surface area contributed by atoms with Gasteiger partial charge in [0.2, 0.25) is 11.8 Å². The lowest BCUT2D eigenvalue weighted by molar-refractivity contribution is -0.128. The molecule has 1 unspecified atom stereocenters. The summed E-state index contributed by atoms with van der Waals surface area (Å²) in [5, 5.41) is 2.83. The highest BCUT2D eigenvalue weighted by molar-refractivity contribution is 9.10. The van der Waals surface area contributed by atoms with Crippen LogP contribution in [-0.4, -0.2) is 43.5 Å². The lowest BCUT2D eigenvalue weighted by atomic mass is 10.1. The Morgan fingerprint density at radius 2 is 2.27 bits per heavy atom. The Balaban J connectivity index is 2.03. The van der Waals surface area contributed by atoms with Gasteiger partial charge in [0.15, 0.2) is 0 Å². The SMILES string of the molecule is COCCN1CC(C(=O)Nc2cc(Br)cc(C)c2N)CC1=O. The van der Waals surface area contributed by atoms with Crippen molar-refractivity contribution in [2.24, 2.45) is 5.92 Å². The summed E-state index contributed by atoms with van der Waals surface area (Å²) in [6.07, 6.45) is 0.225. The van der Waals surface area contributed by atoms with E-state index in [1.54, 1.807) is 18.1 Å². The van der Waals surface area contributed by atoms with E-state index >= 15 is 0 Å². The fourth-order valence-corrected chi connectivity index (χ4v) is 3.03. The van der Waals surface area contributed by atoms with Gasteiger partial charge in [0.25, 0.3) is 0 Å². The van der Waals surface area contributed by atoms with Gasteiger partial charge in [-0.3, -0.25) is 9.59 Å². The molecule has 1 saturated heterocycles. The average Bonchev–Trinajstić information content (AvgIpc) is 2.83. The normalized spacial score (nSPS) is 17.9. The van der Waals surface area contributed by atoms with Gasteiger partial charge in [0.05, 0.1) is 23.9 Å². The number of carbonyl (C=O) groups is 2. The molecule has 2 amide bonds. The van der Waals surface area contributed by atoms with E-state index in [1.807, 2.05) is 13.0 Å². The van der Waals surface area contributed by atoms with Crippen LogP contribution in [0.1, 0.15) is 12.0 Å². The van der Waals surface area contributed by atoms with Crippen LogP contribution in [0.3, 0.4) is 0 Å². The van der Waals surface area contributed by atoms with Gasteiger partial charge in [-0.15, -0.1) is 0 Å². The first-order chi connectivity index (χ1) is 10.4. The zero-order valence-electron chi connectivity index (χ0n) is 12.7. The number of anilines is 2. The van der Waals surface area contributed by atoms with Gasteiger partial charge in [0, 0.05) is 31.1 Å². The van der Waals surface area contributed by atoms with Crippen molar-refractivity contribution in [1.82, 2.24) is 4.90 Å². The molecule has 1 atom stereocenters. The van der Waals surface area contributed by atoms with Crippen molar-refractivity contribution in [2.45, 2.75) is 13.3 Å². The van der Waals surface area contributed by atoms with Crippen LogP contribution in [0.25, 0.3) is 0 Å². The number of nitrogens with one attached hydrogen (secondary N) is 1. The van der Waals surface area contributed by atoms with Gasteiger partial charge >= 0.3 is 0 Å². The molecule has 1 heterocycles. The monoisotopic (exact) mass is 369 g/mol. The molecule has 3 N–H and O–H groups in total. The Hall–Kier alpha value is -1.60. The number of amides is 2. The van der Waals surface area contributed by atoms with E-state index in [-0.39, 0.29) is 24.2 Å². The van der Waals surface area contributed by atoms with E-state index < -0.39 is 0 Å². The van der Waals surface area contributed by atoms with E-state index in [0.29, 0.717) is 31.1 Å². The van der Waals surface area contributed by atoms with Crippen molar-refractivity contribution in [2.75, 3.05) is 37.9 Å². The summed E-state index contributed by atoms with van der Waals surface area (Å²) in [6, 6.07) is 3.65. The van der Waals surface area contributed by atoms with E-state index in [2.05, 4.69) is 21.2 Å². The summed E-state index contributed by atoms with van der Waals surface area (Å²) in [6.45, 7) is 3.28. The van der Waals surface area contributed by atoms with E-state index in [4.69, 9.17) is 10.5 Å². The Labute approximate surface area is 138 Å². The third kappa shape index (κ3) is 3.78. The third-order valence-electron chi connectivity index (χ3n) is 3.76. The van der Waals surface area contributed by atoms with Crippen LogP contribution in [0.2, 0.25) is 0 Å². The number of carbonyl (C=O) groups excluding carboxylic acids is 2. The number of methoxy groups -OCH3 is 1. The second kappa shape index (κ2) is 7.11. The molecule has 0 spiro atoms. The molecule has 1 aromatic rings. The minimum absolute atomic E-state index is 0.0180. The number of halogens is 1. The number of nitrogen functional groups attached to an aromatic ring is 1. The molecule has 120 valence electrons. The van der Waals surface area contributed by atoms with E-state index in [0.717, 1.165) is 10.0 Å². The summed E-state index contributed by atoms with van der Waals surface area (Å²) in [5.74, 6) is -0.559. The first-order valence-corrected chi connectivity index (χ1v) is 7.85. The number of hydrogen-bond acceptors (Lipinski definition) is 4. The first kappa shape index (κ1) is 16.8. The quantitative estimate of drug-likeness (QED) is 0.774. The fraction of sp³-hybridized carbons (Fsp3) is 0.467. The predicted molar refractivity (Wildman–Crippen MR) is 88.5 cm³/mol. The molecular weight excluding hydrogens is 350 g/mol. The summed E-state index contributed by atoms with van der Waals surface area (Å²) in [7, 11) is 1.59. The van der Waals surface area contributed by atoms with Gasteiger partial charge in [-0.25, -0.2) is 0 Å². The maximum absolute atomic E-state index is 12.4. The van der Waals surface area contributed by atoms with Gasteiger partial charge < -0.3 is 20.7 Å². The topological polar surface area (TPSA) is 84.7 Å². The predicted octanol–water partition coefficient (Wildman–Crippen LogP) is 1.77. The minimum Gasteiger partial charge on any atom is -0.397 e. The number of rotatable bonds is 5. The van der Waals surface area contributed by atoms with Crippen molar-refractivity contribution in [3.63, 3.8) is 0 Å². The summed E-state index contributed by atoms with van der Waals surface area (Å²) in [4.78, 5) is 25.9. The van der Waals surface area contributed by atoms with Crippen LogP contribution >= 0.6 is 15.9 Å². The van der Waals surface area contributed by atoms with Crippen LogP contribution < -0.4 is 11.1 Å². The van der Waals surface area contributed by atoms with Crippen LogP contribution in [0, 0.1) is 12.8 Å². The Bertz CT molecular complexity index is 592. The largest absolute Gasteiger partial charge is 0.397 e. The smallest absolute Gasteiger partial charge is 0.229 e. The number of likely N-dealkylation sites (tertiary alicyclic amines) is 1. The standard InChI is InChI=1S/C15H20BrN3O3/c1-9-5-11(16)7-12(14(9)17)18-15(21)10-6-13(20)19(8-10)3-4-22-2/h5,7,10H,3-4,6,8,17H2,1-2H3,(H,18,21). The molecule has 1 fully saturated rings. The molecule has 7 heteroatoms. The zero-order valence-corrected chi connectivity index (χ0v) is 14.3. The molecule has 1 aromatic carbocycles. The van der Waals surface area contributed by atoms with E-state index in [1.165, 1.54) is 0 Å². The molecule has 0 bridgehead atoms. The molecule has 2 rings (SSSR count). The van der Waals surface area contributed by atoms with Gasteiger partial charge in [-0.05, 0) is 24.6 Å². The molecule has 1 aliphatic rings. The lowest BCUT2D eigenvalue weighted by Gasteiger charge is -2.16. The van der Waals surface area contributed by atoms with Crippen LogP contribution in [0.4, 0.5) is 11.4 Å². The second-order valence-electron chi connectivity index (χ2n) is 5.41. The van der Waals surface area contributed by atoms with Crippen molar-refractivity contribution >= 4 is 39.1 Å². The Morgan fingerprint density at radius 3 is 2.95 bits per heavy atom. The molecule has 0 saturated carbocycles. The van der Waals surface area contributed by atoms with Gasteiger partial charge in [0.1, 0.15) is 0 Å². The van der Waals surface area contributed by atoms with Gasteiger partial charge in [-0.1, -0.05) is 15.9 Å². The number of nitrogens with zero attached hydrogens (tertiary/aromatic N) is 1. The number of benzene rings is 1. The van der Waals surface area contributed by atoms with Crippen LogP contribution in [0.15, 0.2) is 16.6 Å². The average molecular weight is 370 g/mol. The molecule has 1 aliphatic heterocycles. The van der Waals surface area contributed by atoms with Crippen molar-refractivity contribution in [3.8, 4) is 0 Å². The maximum atomic E-state index is 12.4. The number of nitrogens with two attached hydrogens (primary N) is 1. The first-order valence-electron chi connectivity index (χ1n) is 7.05. The van der Waals surface area contributed by atoms with Crippen LogP contribution in [0.5, 0.6) is 0 Å². The fourth-order valence-electron chi connectivity index (χ4n) is 2.46. The third-order valence-corrected chi connectivity index (χ3v) is 4.22.